The monoisotopic (exact) mass is 255 g/mol. The number of halogens is 1. The van der Waals surface area contributed by atoms with Gasteiger partial charge in [0.15, 0.2) is 0 Å². The van der Waals surface area contributed by atoms with Crippen LogP contribution in [0.4, 0.5) is 0 Å². The molecule has 0 radical (unpaired) electrons. The average Bonchev–Trinajstić information content (AvgIpc) is 2.32. The highest BCUT2D eigenvalue weighted by molar-refractivity contribution is 6.30. The topological polar surface area (TPSA) is 55.4 Å². The summed E-state index contributed by atoms with van der Waals surface area (Å²) < 4.78 is 4.46. The molecule has 1 rings (SSSR count). The van der Waals surface area contributed by atoms with E-state index in [1.807, 2.05) is 0 Å². The number of ether oxygens (including phenoxy) is 1. The minimum atomic E-state index is -0.336. The number of carbonyl (C=O) groups excluding carboxylic acids is 2. The van der Waals surface area contributed by atoms with E-state index in [1.54, 1.807) is 24.3 Å². The Bertz CT molecular complexity index is 389. The van der Waals surface area contributed by atoms with Crippen LogP contribution >= 0.6 is 11.6 Å². The first-order valence-corrected chi connectivity index (χ1v) is 5.57. The van der Waals surface area contributed by atoms with E-state index in [0.717, 1.165) is 5.56 Å². The van der Waals surface area contributed by atoms with Crippen molar-refractivity contribution in [2.45, 2.75) is 12.8 Å². The molecule has 0 bridgehead atoms. The summed E-state index contributed by atoms with van der Waals surface area (Å²) in [4.78, 5) is 22.3. The number of esters is 1. The maximum atomic E-state index is 11.5. The molecule has 4 nitrogen and oxygen atoms in total. The van der Waals surface area contributed by atoms with Gasteiger partial charge in [-0.05, 0) is 17.7 Å². The third-order valence-corrected chi connectivity index (χ3v) is 2.41. The predicted octanol–water partition coefficient (Wildman–Crippen LogP) is 1.56. The lowest BCUT2D eigenvalue weighted by Gasteiger charge is -2.04. The zero-order valence-electron chi connectivity index (χ0n) is 9.53. The molecule has 0 aliphatic heterocycles. The summed E-state index contributed by atoms with van der Waals surface area (Å²) in [6.45, 7) is 0.291. The summed E-state index contributed by atoms with van der Waals surface area (Å²) in [5.74, 6) is -0.465. The van der Waals surface area contributed by atoms with E-state index >= 15 is 0 Å². The predicted molar refractivity (Wildman–Crippen MR) is 64.8 cm³/mol. The minimum Gasteiger partial charge on any atom is -0.469 e. The standard InChI is InChI=1S/C12H14ClNO3/c1-17-12(16)6-7-14-11(15)8-9-2-4-10(13)5-3-9/h2-5H,6-8H2,1H3,(H,14,15). The Labute approximate surface area is 105 Å². The normalized spacial score (nSPS) is 9.76. The first-order chi connectivity index (χ1) is 8.11. The van der Waals surface area contributed by atoms with Crippen molar-refractivity contribution in [1.29, 1.82) is 0 Å². The van der Waals surface area contributed by atoms with Crippen molar-refractivity contribution in [3.05, 3.63) is 34.9 Å². The van der Waals surface area contributed by atoms with Crippen molar-refractivity contribution in [2.24, 2.45) is 0 Å². The van der Waals surface area contributed by atoms with Crippen LogP contribution in [0.3, 0.4) is 0 Å². The van der Waals surface area contributed by atoms with Gasteiger partial charge in [-0.3, -0.25) is 9.59 Å². The fourth-order valence-electron chi connectivity index (χ4n) is 1.26. The van der Waals surface area contributed by atoms with Crippen molar-refractivity contribution in [2.75, 3.05) is 13.7 Å². The molecule has 0 spiro atoms. The molecule has 1 aromatic carbocycles. The van der Waals surface area contributed by atoms with Crippen LogP contribution in [0.15, 0.2) is 24.3 Å². The second-order valence-corrected chi connectivity index (χ2v) is 3.92. The third kappa shape index (κ3) is 5.36. The molecule has 1 amide bonds. The SMILES string of the molecule is COC(=O)CCNC(=O)Cc1ccc(Cl)cc1. The molecule has 1 aromatic rings. The molecule has 0 unspecified atom stereocenters. The molecular weight excluding hydrogens is 242 g/mol. The van der Waals surface area contributed by atoms with Gasteiger partial charge >= 0.3 is 5.97 Å². The molecular formula is C12H14ClNO3. The Morgan fingerprint density at radius 2 is 1.94 bits per heavy atom. The molecule has 92 valence electrons. The number of carbonyl (C=O) groups is 2. The van der Waals surface area contributed by atoms with Crippen LogP contribution in [0.2, 0.25) is 5.02 Å². The van der Waals surface area contributed by atoms with Crippen molar-refractivity contribution >= 4 is 23.5 Å². The number of nitrogens with one attached hydrogen (secondary N) is 1. The van der Waals surface area contributed by atoms with Crippen molar-refractivity contribution in [1.82, 2.24) is 5.32 Å². The van der Waals surface area contributed by atoms with Gasteiger partial charge in [-0.25, -0.2) is 0 Å². The molecule has 0 saturated heterocycles. The summed E-state index contributed by atoms with van der Waals surface area (Å²) in [7, 11) is 1.32. The van der Waals surface area contributed by atoms with E-state index in [1.165, 1.54) is 7.11 Å². The molecule has 0 aliphatic carbocycles. The van der Waals surface area contributed by atoms with E-state index in [4.69, 9.17) is 11.6 Å². The van der Waals surface area contributed by atoms with Gasteiger partial charge in [-0.1, -0.05) is 23.7 Å². The van der Waals surface area contributed by atoms with Gasteiger partial charge in [0.25, 0.3) is 0 Å². The molecule has 0 aromatic heterocycles. The van der Waals surface area contributed by atoms with Gasteiger partial charge in [0.1, 0.15) is 0 Å². The Hall–Kier alpha value is -1.55. The maximum absolute atomic E-state index is 11.5. The summed E-state index contributed by atoms with van der Waals surface area (Å²) in [5.41, 5.74) is 0.880. The molecule has 1 N–H and O–H groups in total. The lowest BCUT2D eigenvalue weighted by molar-refractivity contribution is -0.140. The first kappa shape index (κ1) is 13.5. The van der Waals surface area contributed by atoms with Gasteiger partial charge in [0.2, 0.25) is 5.91 Å². The Balaban J connectivity index is 2.30. The smallest absolute Gasteiger partial charge is 0.307 e. The first-order valence-electron chi connectivity index (χ1n) is 5.20. The van der Waals surface area contributed by atoms with E-state index < -0.39 is 0 Å². The summed E-state index contributed by atoms with van der Waals surface area (Å²) in [5, 5.41) is 3.28. The number of hydrogen-bond donors (Lipinski definition) is 1. The number of amides is 1. The van der Waals surface area contributed by atoms with Gasteiger partial charge in [-0.2, -0.15) is 0 Å². The fourth-order valence-corrected chi connectivity index (χ4v) is 1.38. The zero-order chi connectivity index (χ0) is 12.7. The van der Waals surface area contributed by atoms with Crippen molar-refractivity contribution < 1.29 is 14.3 Å². The molecule has 0 saturated carbocycles. The molecule has 17 heavy (non-hydrogen) atoms. The van der Waals surface area contributed by atoms with Crippen LogP contribution in [0.25, 0.3) is 0 Å². The second kappa shape index (κ2) is 6.91. The van der Waals surface area contributed by atoms with Crippen LogP contribution in [0, 0.1) is 0 Å². The van der Waals surface area contributed by atoms with Crippen LogP contribution in [-0.2, 0) is 20.7 Å². The molecule has 0 atom stereocenters. The van der Waals surface area contributed by atoms with Gasteiger partial charge < -0.3 is 10.1 Å². The maximum Gasteiger partial charge on any atom is 0.307 e. The van der Waals surface area contributed by atoms with Gasteiger partial charge in [0, 0.05) is 11.6 Å². The number of methoxy groups -OCH3 is 1. The van der Waals surface area contributed by atoms with E-state index in [0.29, 0.717) is 11.6 Å². The van der Waals surface area contributed by atoms with Crippen LogP contribution in [0.1, 0.15) is 12.0 Å². The molecule has 0 heterocycles. The van der Waals surface area contributed by atoms with Gasteiger partial charge in [0.05, 0.1) is 20.0 Å². The molecule has 0 fully saturated rings. The highest BCUT2D eigenvalue weighted by atomic mass is 35.5. The molecule has 5 heteroatoms. The fraction of sp³-hybridized carbons (Fsp3) is 0.333. The van der Waals surface area contributed by atoms with Crippen LogP contribution in [0.5, 0.6) is 0 Å². The Kier molecular flexibility index (Phi) is 5.49. The summed E-state index contributed by atoms with van der Waals surface area (Å²) >= 11 is 5.73. The van der Waals surface area contributed by atoms with E-state index in [2.05, 4.69) is 10.1 Å². The van der Waals surface area contributed by atoms with E-state index in [9.17, 15) is 9.59 Å². The van der Waals surface area contributed by atoms with Crippen LogP contribution < -0.4 is 5.32 Å². The molecule has 0 aliphatic rings. The lowest BCUT2D eigenvalue weighted by atomic mass is 10.1. The summed E-state index contributed by atoms with van der Waals surface area (Å²) in [6, 6.07) is 7.06. The van der Waals surface area contributed by atoms with Crippen molar-refractivity contribution in [3.63, 3.8) is 0 Å². The number of hydrogen-bond acceptors (Lipinski definition) is 3. The van der Waals surface area contributed by atoms with Crippen molar-refractivity contribution in [3.8, 4) is 0 Å². The Morgan fingerprint density at radius 1 is 1.29 bits per heavy atom. The van der Waals surface area contributed by atoms with Crippen LogP contribution in [-0.4, -0.2) is 25.5 Å². The summed E-state index contributed by atoms with van der Waals surface area (Å²) in [6.07, 6.45) is 0.460. The zero-order valence-corrected chi connectivity index (χ0v) is 10.3. The van der Waals surface area contributed by atoms with E-state index in [-0.39, 0.29) is 24.7 Å². The quantitative estimate of drug-likeness (QED) is 0.813. The second-order valence-electron chi connectivity index (χ2n) is 3.48. The largest absolute Gasteiger partial charge is 0.469 e. The minimum absolute atomic E-state index is 0.128. The average molecular weight is 256 g/mol. The highest BCUT2D eigenvalue weighted by Gasteiger charge is 2.04. The highest BCUT2D eigenvalue weighted by Crippen LogP contribution is 2.09. The number of benzene rings is 1. The van der Waals surface area contributed by atoms with Gasteiger partial charge in [-0.15, -0.1) is 0 Å². The number of rotatable bonds is 5. The Morgan fingerprint density at radius 3 is 2.53 bits per heavy atom. The third-order valence-electron chi connectivity index (χ3n) is 2.16. The lowest BCUT2D eigenvalue weighted by Crippen LogP contribution is -2.27.